The number of nitrogens with one attached hydrogen (secondary N) is 1. The van der Waals surface area contributed by atoms with E-state index in [1.807, 2.05) is 0 Å². The van der Waals surface area contributed by atoms with E-state index in [1.165, 1.54) is 19.4 Å². The SMILES string of the molecule is COc1cc(/C=N/NC(=O)CC[C@H](C)O)ccc1O. The van der Waals surface area contributed by atoms with Crippen molar-refractivity contribution in [2.24, 2.45) is 5.10 Å². The zero-order valence-corrected chi connectivity index (χ0v) is 11.0. The van der Waals surface area contributed by atoms with E-state index >= 15 is 0 Å². The lowest BCUT2D eigenvalue weighted by molar-refractivity contribution is -0.121. The van der Waals surface area contributed by atoms with Gasteiger partial charge in [-0.2, -0.15) is 5.10 Å². The first kappa shape index (κ1) is 15.0. The number of phenols is 1. The van der Waals surface area contributed by atoms with Gasteiger partial charge in [0, 0.05) is 6.42 Å². The van der Waals surface area contributed by atoms with Crippen molar-refractivity contribution in [3.8, 4) is 11.5 Å². The molecule has 0 aliphatic carbocycles. The number of aromatic hydroxyl groups is 1. The molecule has 0 aliphatic rings. The second-order valence-corrected chi connectivity index (χ2v) is 4.11. The van der Waals surface area contributed by atoms with Crippen LogP contribution in [0.15, 0.2) is 23.3 Å². The standard InChI is InChI=1S/C13H18N2O4/c1-9(16)3-6-13(18)15-14-8-10-4-5-11(17)12(7-10)19-2/h4-5,7-9,16-17H,3,6H2,1-2H3,(H,15,18)/b14-8+/t9-/m0/s1. The van der Waals surface area contributed by atoms with Crippen molar-refractivity contribution in [3.63, 3.8) is 0 Å². The average Bonchev–Trinajstić information content (AvgIpc) is 2.38. The molecule has 0 spiro atoms. The topological polar surface area (TPSA) is 91.2 Å². The third kappa shape index (κ3) is 5.39. The summed E-state index contributed by atoms with van der Waals surface area (Å²) in [5, 5.41) is 22.2. The number of benzene rings is 1. The predicted octanol–water partition coefficient (Wildman–Crippen LogP) is 1.01. The van der Waals surface area contributed by atoms with Gasteiger partial charge in [-0.25, -0.2) is 5.43 Å². The Kier molecular flexibility index (Phi) is 5.81. The number of hydrazone groups is 1. The first-order chi connectivity index (χ1) is 9.02. The molecular weight excluding hydrogens is 248 g/mol. The zero-order valence-electron chi connectivity index (χ0n) is 11.0. The minimum Gasteiger partial charge on any atom is -0.504 e. The number of phenolic OH excluding ortho intramolecular Hbond substituents is 1. The summed E-state index contributed by atoms with van der Waals surface area (Å²) in [6.45, 7) is 1.62. The van der Waals surface area contributed by atoms with E-state index in [-0.39, 0.29) is 18.1 Å². The number of aliphatic hydroxyl groups excluding tert-OH is 1. The summed E-state index contributed by atoms with van der Waals surface area (Å²) < 4.78 is 4.95. The molecule has 0 heterocycles. The van der Waals surface area contributed by atoms with Crippen molar-refractivity contribution >= 4 is 12.1 Å². The summed E-state index contributed by atoms with van der Waals surface area (Å²) in [6, 6.07) is 4.72. The zero-order chi connectivity index (χ0) is 14.3. The molecule has 0 bridgehead atoms. The van der Waals surface area contributed by atoms with Crippen molar-refractivity contribution in [1.82, 2.24) is 5.43 Å². The maximum absolute atomic E-state index is 11.3. The van der Waals surface area contributed by atoms with Crippen LogP contribution in [0.25, 0.3) is 0 Å². The second-order valence-electron chi connectivity index (χ2n) is 4.11. The fourth-order valence-electron chi connectivity index (χ4n) is 1.35. The van der Waals surface area contributed by atoms with E-state index in [9.17, 15) is 9.90 Å². The largest absolute Gasteiger partial charge is 0.504 e. The summed E-state index contributed by atoms with van der Waals surface area (Å²) in [5.74, 6) is 0.118. The Morgan fingerprint density at radius 1 is 1.58 bits per heavy atom. The van der Waals surface area contributed by atoms with Crippen LogP contribution in [0.3, 0.4) is 0 Å². The van der Waals surface area contributed by atoms with Gasteiger partial charge in [0.1, 0.15) is 0 Å². The number of aliphatic hydroxyl groups is 1. The lowest BCUT2D eigenvalue weighted by Crippen LogP contribution is -2.18. The summed E-state index contributed by atoms with van der Waals surface area (Å²) in [5.41, 5.74) is 3.04. The van der Waals surface area contributed by atoms with Crippen molar-refractivity contribution in [1.29, 1.82) is 0 Å². The molecule has 0 fully saturated rings. The smallest absolute Gasteiger partial charge is 0.240 e. The van der Waals surface area contributed by atoms with Crippen LogP contribution in [-0.2, 0) is 4.79 Å². The molecule has 0 aromatic heterocycles. The Labute approximate surface area is 111 Å². The van der Waals surface area contributed by atoms with E-state index in [0.29, 0.717) is 17.7 Å². The van der Waals surface area contributed by atoms with Crippen LogP contribution in [-0.4, -0.2) is 35.5 Å². The molecule has 3 N–H and O–H groups in total. The highest BCUT2D eigenvalue weighted by Crippen LogP contribution is 2.25. The fraction of sp³-hybridized carbons (Fsp3) is 0.385. The van der Waals surface area contributed by atoms with E-state index in [1.54, 1.807) is 19.1 Å². The van der Waals surface area contributed by atoms with E-state index in [0.717, 1.165) is 0 Å². The molecule has 0 saturated carbocycles. The van der Waals surface area contributed by atoms with Gasteiger partial charge in [0.15, 0.2) is 11.5 Å². The van der Waals surface area contributed by atoms with Crippen LogP contribution in [0.2, 0.25) is 0 Å². The molecule has 104 valence electrons. The van der Waals surface area contributed by atoms with E-state index < -0.39 is 6.10 Å². The monoisotopic (exact) mass is 266 g/mol. The van der Waals surface area contributed by atoms with Gasteiger partial charge in [-0.3, -0.25) is 4.79 Å². The number of ether oxygens (including phenoxy) is 1. The van der Waals surface area contributed by atoms with Gasteiger partial charge in [0.05, 0.1) is 19.4 Å². The highest BCUT2D eigenvalue weighted by molar-refractivity contribution is 5.83. The minimum absolute atomic E-state index is 0.0422. The number of rotatable bonds is 6. The van der Waals surface area contributed by atoms with Crippen LogP contribution in [0.5, 0.6) is 11.5 Å². The minimum atomic E-state index is -0.504. The third-order valence-electron chi connectivity index (χ3n) is 2.40. The summed E-state index contributed by atoms with van der Waals surface area (Å²) >= 11 is 0. The molecule has 0 saturated heterocycles. The number of carbonyl (C=O) groups excluding carboxylic acids is 1. The van der Waals surface area contributed by atoms with Crippen LogP contribution >= 0.6 is 0 Å². The Morgan fingerprint density at radius 2 is 2.32 bits per heavy atom. The molecule has 1 aromatic carbocycles. The Balaban J connectivity index is 2.50. The van der Waals surface area contributed by atoms with Gasteiger partial charge in [0.2, 0.25) is 5.91 Å². The molecule has 1 atom stereocenters. The van der Waals surface area contributed by atoms with Gasteiger partial charge in [0.25, 0.3) is 0 Å². The predicted molar refractivity (Wildman–Crippen MR) is 71.3 cm³/mol. The first-order valence-electron chi connectivity index (χ1n) is 5.90. The maximum atomic E-state index is 11.3. The summed E-state index contributed by atoms with van der Waals surface area (Å²) in [4.78, 5) is 11.3. The van der Waals surface area contributed by atoms with Gasteiger partial charge < -0.3 is 14.9 Å². The van der Waals surface area contributed by atoms with Crippen LogP contribution in [0.1, 0.15) is 25.3 Å². The Bertz CT molecular complexity index is 458. The van der Waals surface area contributed by atoms with Gasteiger partial charge in [-0.1, -0.05) is 0 Å². The highest BCUT2D eigenvalue weighted by atomic mass is 16.5. The Morgan fingerprint density at radius 3 is 2.95 bits per heavy atom. The molecule has 1 rings (SSSR count). The van der Waals surface area contributed by atoms with Crippen LogP contribution < -0.4 is 10.2 Å². The first-order valence-corrected chi connectivity index (χ1v) is 5.90. The lowest BCUT2D eigenvalue weighted by Gasteiger charge is -2.04. The van der Waals surface area contributed by atoms with Crippen LogP contribution in [0, 0.1) is 0 Å². The van der Waals surface area contributed by atoms with Gasteiger partial charge in [-0.15, -0.1) is 0 Å². The number of amides is 1. The molecule has 0 radical (unpaired) electrons. The quantitative estimate of drug-likeness (QED) is 0.529. The third-order valence-corrected chi connectivity index (χ3v) is 2.40. The average molecular weight is 266 g/mol. The number of hydrogen-bond acceptors (Lipinski definition) is 5. The molecule has 1 aromatic rings. The van der Waals surface area contributed by atoms with Crippen molar-refractivity contribution in [3.05, 3.63) is 23.8 Å². The van der Waals surface area contributed by atoms with Crippen molar-refractivity contribution in [2.75, 3.05) is 7.11 Å². The fourth-order valence-corrected chi connectivity index (χ4v) is 1.35. The number of nitrogens with zero attached hydrogens (tertiary/aromatic N) is 1. The molecule has 0 unspecified atom stereocenters. The molecular formula is C13H18N2O4. The summed E-state index contributed by atoms with van der Waals surface area (Å²) in [6.07, 6.45) is 1.56. The summed E-state index contributed by atoms with van der Waals surface area (Å²) in [7, 11) is 1.45. The maximum Gasteiger partial charge on any atom is 0.240 e. The normalized spacial score (nSPS) is 12.4. The highest BCUT2D eigenvalue weighted by Gasteiger charge is 2.03. The van der Waals surface area contributed by atoms with Gasteiger partial charge in [-0.05, 0) is 37.1 Å². The van der Waals surface area contributed by atoms with Gasteiger partial charge >= 0.3 is 0 Å². The number of hydrogen-bond donors (Lipinski definition) is 3. The molecule has 19 heavy (non-hydrogen) atoms. The molecule has 1 amide bonds. The van der Waals surface area contributed by atoms with Crippen molar-refractivity contribution in [2.45, 2.75) is 25.9 Å². The molecule has 0 aliphatic heterocycles. The second kappa shape index (κ2) is 7.38. The van der Waals surface area contributed by atoms with E-state index in [4.69, 9.17) is 9.84 Å². The number of methoxy groups -OCH3 is 1. The molecule has 6 heteroatoms. The van der Waals surface area contributed by atoms with Crippen LogP contribution in [0.4, 0.5) is 0 Å². The van der Waals surface area contributed by atoms with E-state index in [2.05, 4.69) is 10.5 Å². The number of carbonyl (C=O) groups is 1. The van der Waals surface area contributed by atoms with Crippen molar-refractivity contribution < 1.29 is 19.7 Å². The lowest BCUT2D eigenvalue weighted by atomic mass is 10.2. The molecule has 6 nitrogen and oxygen atoms in total. The Hall–Kier alpha value is -2.08.